The second kappa shape index (κ2) is 11.1. The fraction of sp³-hybridized carbons (Fsp3) is 0.160. The van der Waals surface area contributed by atoms with Crippen molar-refractivity contribution in [3.8, 4) is 5.75 Å². The Kier molecular flexibility index (Phi) is 7.96. The van der Waals surface area contributed by atoms with Gasteiger partial charge in [0.25, 0.3) is 0 Å². The SMILES string of the molecule is O=C(CCC(=O)c1ccc(Cl)cc1)OCC(=O)c1ccc(OCc2ccccc2)cc1. The van der Waals surface area contributed by atoms with E-state index in [-0.39, 0.29) is 31.0 Å². The van der Waals surface area contributed by atoms with Gasteiger partial charge in [-0.3, -0.25) is 14.4 Å². The van der Waals surface area contributed by atoms with Crippen LogP contribution in [0.4, 0.5) is 0 Å². The van der Waals surface area contributed by atoms with Gasteiger partial charge in [-0.15, -0.1) is 0 Å². The lowest BCUT2D eigenvalue weighted by atomic mass is 10.1. The third-order valence-electron chi connectivity index (χ3n) is 4.51. The average molecular weight is 437 g/mol. The molecular formula is C25H21ClO5. The number of ether oxygens (including phenoxy) is 2. The van der Waals surface area contributed by atoms with Gasteiger partial charge in [0.05, 0.1) is 6.42 Å². The first-order valence-corrected chi connectivity index (χ1v) is 10.1. The van der Waals surface area contributed by atoms with Crippen molar-refractivity contribution in [1.82, 2.24) is 0 Å². The van der Waals surface area contributed by atoms with Crippen LogP contribution in [-0.2, 0) is 16.1 Å². The molecule has 0 aliphatic heterocycles. The molecule has 0 saturated carbocycles. The molecule has 0 heterocycles. The maximum absolute atomic E-state index is 12.2. The highest BCUT2D eigenvalue weighted by molar-refractivity contribution is 6.30. The summed E-state index contributed by atoms with van der Waals surface area (Å²) in [6.45, 7) is 0.0542. The third kappa shape index (κ3) is 7.08. The van der Waals surface area contributed by atoms with Crippen LogP contribution in [0.25, 0.3) is 0 Å². The topological polar surface area (TPSA) is 69.7 Å². The second-order valence-corrected chi connectivity index (χ2v) is 7.25. The maximum atomic E-state index is 12.2. The molecule has 3 aromatic carbocycles. The summed E-state index contributed by atoms with van der Waals surface area (Å²) in [7, 11) is 0. The Morgan fingerprint density at radius 2 is 1.32 bits per heavy atom. The smallest absolute Gasteiger partial charge is 0.306 e. The van der Waals surface area contributed by atoms with Crippen molar-refractivity contribution in [1.29, 1.82) is 0 Å². The molecule has 158 valence electrons. The van der Waals surface area contributed by atoms with Crippen LogP contribution in [-0.4, -0.2) is 24.1 Å². The van der Waals surface area contributed by atoms with E-state index < -0.39 is 5.97 Å². The van der Waals surface area contributed by atoms with Crippen LogP contribution in [0.3, 0.4) is 0 Å². The molecule has 0 aromatic heterocycles. The second-order valence-electron chi connectivity index (χ2n) is 6.81. The van der Waals surface area contributed by atoms with Crippen LogP contribution >= 0.6 is 11.6 Å². The Labute approximate surface area is 185 Å². The third-order valence-corrected chi connectivity index (χ3v) is 4.76. The Morgan fingerprint density at radius 1 is 0.710 bits per heavy atom. The van der Waals surface area contributed by atoms with E-state index in [1.165, 1.54) is 0 Å². The fourth-order valence-electron chi connectivity index (χ4n) is 2.78. The summed E-state index contributed by atoms with van der Waals surface area (Å²) < 4.78 is 10.7. The van der Waals surface area contributed by atoms with Gasteiger partial charge in [-0.2, -0.15) is 0 Å². The fourth-order valence-corrected chi connectivity index (χ4v) is 2.90. The minimum atomic E-state index is -0.599. The Balaban J connectivity index is 1.40. The quantitative estimate of drug-likeness (QED) is 0.318. The van der Waals surface area contributed by atoms with Crippen molar-refractivity contribution in [2.75, 3.05) is 6.61 Å². The largest absolute Gasteiger partial charge is 0.489 e. The van der Waals surface area contributed by atoms with Gasteiger partial charge < -0.3 is 9.47 Å². The monoisotopic (exact) mass is 436 g/mol. The normalized spacial score (nSPS) is 10.4. The number of halogens is 1. The Morgan fingerprint density at radius 3 is 2.00 bits per heavy atom. The lowest BCUT2D eigenvalue weighted by Gasteiger charge is -2.08. The molecule has 0 fully saturated rings. The Hall–Kier alpha value is -3.44. The van der Waals surface area contributed by atoms with Gasteiger partial charge in [0, 0.05) is 22.6 Å². The molecule has 3 aromatic rings. The van der Waals surface area contributed by atoms with E-state index in [1.807, 2.05) is 30.3 Å². The van der Waals surface area contributed by atoms with Crippen molar-refractivity contribution in [2.45, 2.75) is 19.4 Å². The van der Waals surface area contributed by atoms with Crippen LogP contribution in [0.5, 0.6) is 5.75 Å². The molecular weight excluding hydrogens is 416 g/mol. The summed E-state index contributed by atoms with van der Waals surface area (Å²) in [4.78, 5) is 36.2. The summed E-state index contributed by atoms with van der Waals surface area (Å²) in [5.41, 5.74) is 1.93. The molecule has 0 N–H and O–H groups in total. The molecule has 0 aliphatic carbocycles. The molecule has 3 rings (SSSR count). The minimum absolute atomic E-state index is 0.00209. The standard InChI is InChI=1S/C25H21ClO5/c26-21-10-6-19(7-11-21)23(27)14-15-25(29)31-17-24(28)20-8-12-22(13-9-20)30-16-18-4-2-1-3-5-18/h1-13H,14-17H2. The molecule has 31 heavy (non-hydrogen) atoms. The van der Waals surface area contributed by atoms with Gasteiger partial charge in [0.2, 0.25) is 0 Å². The molecule has 6 heteroatoms. The number of carbonyl (C=O) groups excluding carboxylic acids is 3. The molecule has 0 radical (unpaired) electrons. The van der Waals surface area contributed by atoms with Crippen molar-refractivity contribution in [2.24, 2.45) is 0 Å². The van der Waals surface area contributed by atoms with E-state index in [2.05, 4.69) is 0 Å². The Bertz CT molecular complexity index is 1030. The van der Waals surface area contributed by atoms with Crippen molar-refractivity contribution >= 4 is 29.1 Å². The molecule has 0 atom stereocenters. The molecule has 0 amide bonds. The van der Waals surface area contributed by atoms with Gasteiger partial charge in [-0.05, 0) is 54.1 Å². The molecule has 0 aliphatic rings. The summed E-state index contributed by atoms with van der Waals surface area (Å²) >= 11 is 5.79. The average Bonchev–Trinajstić information content (AvgIpc) is 2.81. The van der Waals surface area contributed by atoms with Crippen LogP contribution in [0.1, 0.15) is 39.1 Å². The van der Waals surface area contributed by atoms with Crippen LogP contribution in [0.2, 0.25) is 5.02 Å². The van der Waals surface area contributed by atoms with Gasteiger partial charge in [0.1, 0.15) is 12.4 Å². The van der Waals surface area contributed by atoms with E-state index in [0.717, 1.165) is 5.56 Å². The number of ketones is 2. The lowest BCUT2D eigenvalue weighted by molar-refractivity contribution is -0.142. The number of hydrogen-bond donors (Lipinski definition) is 0. The highest BCUT2D eigenvalue weighted by atomic mass is 35.5. The summed E-state index contributed by atoms with van der Waals surface area (Å²) in [5, 5.41) is 0.533. The van der Waals surface area contributed by atoms with Gasteiger partial charge in [-0.25, -0.2) is 0 Å². The highest BCUT2D eigenvalue weighted by Crippen LogP contribution is 2.15. The van der Waals surface area contributed by atoms with Crippen LogP contribution in [0.15, 0.2) is 78.9 Å². The number of esters is 1. The zero-order valence-corrected chi connectivity index (χ0v) is 17.5. The van der Waals surface area contributed by atoms with Crippen LogP contribution in [0, 0.1) is 0 Å². The molecule has 5 nitrogen and oxygen atoms in total. The maximum Gasteiger partial charge on any atom is 0.306 e. The number of rotatable bonds is 10. The summed E-state index contributed by atoms with van der Waals surface area (Å²) in [6.07, 6.45) is -0.0941. The van der Waals surface area contributed by atoms with E-state index in [1.54, 1.807) is 48.5 Å². The van der Waals surface area contributed by atoms with Crippen molar-refractivity contribution in [3.05, 3.63) is 101 Å². The predicted octanol–water partition coefficient (Wildman–Crippen LogP) is 5.31. The van der Waals surface area contributed by atoms with E-state index in [0.29, 0.717) is 28.5 Å². The van der Waals surface area contributed by atoms with E-state index in [4.69, 9.17) is 21.1 Å². The minimum Gasteiger partial charge on any atom is -0.489 e. The van der Waals surface area contributed by atoms with Crippen LogP contribution < -0.4 is 4.74 Å². The molecule has 0 spiro atoms. The number of carbonyl (C=O) groups is 3. The zero-order chi connectivity index (χ0) is 22.1. The molecule has 0 unspecified atom stereocenters. The highest BCUT2D eigenvalue weighted by Gasteiger charge is 2.13. The number of Topliss-reactive ketones (excluding diaryl/α,β-unsaturated/α-hetero) is 2. The van der Waals surface area contributed by atoms with Gasteiger partial charge in [-0.1, -0.05) is 41.9 Å². The molecule has 0 bridgehead atoms. The van der Waals surface area contributed by atoms with E-state index >= 15 is 0 Å². The van der Waals surface area contributed by atoms with Crippen molar-refractivity contribution in [3.63, 3.8) is 0 Å². The predicted molar refractivity (Wildman–Crippen MR) is 118 cm³/mol. The summed E-state index contributed by atoms with van der Waals surface area (Å²) in [6, 6.07) is 22.8. The first-order valence-electron chi connectivity index (χ1n) is 9.75. The number of hydrogen-bond acceptors (Lipinski definition) is 5. The first-order chi connectivity index (χ1) is 15.0. The van der Waals surface area contributed by atoms with Gasteiger partial charge >= 0.3 is 5.97 Å². The zero-order valence-electron chi connectivity index (χ0n) is 16.8. The van der Waals surface area contributed by atoms with Crippen molar-refractivity contribution < 1.29 is 23.9 Å². The molecule has 0 saturated heterocycles. The van der Waals surface area contributed by atoms with E-state index in [9.17, 15) is 14.4 Å². The number of benzene rings is 3. The van der Waals surface area contributed by atoms with Gasteiger partial charge in [0.15, 0.2) is 18.2 Å². The summed E-state index contributed by atoms with van der Waals surface area (Å²) in [5.74, 6) is -0.477. The first kappa shape index (κ1) is 22.2. The lowest BCUT2D eigenvalue weighted by Crippen LogP contribution is -2.15.